The molecule has 0 aromatic heterocycles. The van der Waals surface area contributed by atoms with E-state index < -0.39 is 164 Å². The standard InChI is InChI=1S/C46H82N20O15/c1-22(2)34(65-41(79)29(21-67)64-40(78)27(11-7-17-56-46(52)53)62-37(75)25(47)9-5-15-54-44(48)49)43(81)66-18-8-12-30(66)42(80)63-26(10-6-16-55-45(50)51)38(76)57-19-31(68)61-28(13-14-32(69)70)39(77)60-24(4)36(74)59-23(3)35(73)58-20-33(71)72/h22-30,34,67H,5-21,47H2,1-4H3,(H,57,76)(H,58,73)(H,59,74)(H,60,77)(H,61,68)(H,62,75)(H,63,80)(H,64,78)(H,65,79)(H,69,70)(H,71,72)(H4,48,49,54)(H4,50,51,55)(H4,52,53,56)/t23-,24-,25-,26-,27-,28-,29-,30-,34-/m0/s1. The minimum absolute atomic E-state index is 0.000873. The van der Waals surface area contributed by atoms with Crippen LogP contribution in [-0.2, 0) is 57.5 Å². The molecule has 26 N–H and O–H groups in total. The highest BCUT2D eigenvalue weighted by atomic mass is 16.4. The molecule has 0 radical (unpaired) electrons. The number of aliphatic carboxylic acids is 2. The summed E-state index contributed by atoms with van der Waals surface area (Å²) in [6.07, 6.45) is -0.0962. The van der Waals surface area contributed by atoms with E-state index in [0.717, 1.165) is 0 Å². The summed E-state index contributed by atoms with van der Waals surface area (Å²) in [7, 11) is 0. The minimum Gasteiger partial charge on any atom is -0.481 e. The first-order valence-electron chi connectivity index (χ1n) is 25.9. The molecule has 0 spiro atoms. The number of aliphatic imine (C=N–C) groups is 3. The number of carboxylic acids is 2. The molecule has 0 unspecified atom stereocenters. The first kappa shape index (κ1) is 70.4. The smallest absolute Gasteiger partial charge is 0.322 e. The van der Waals surface area contributed by atoms with Crippen molar-refractivity contribution in [2.45, 2.75) is 146 Å². The summed E-state index contributed by atoms with van der Waals surface area (Å²) >= 11 is 0. The monoisotopic (exact) mass is 1150 g/mol. The second-order valence-corrected chi connectivity index (χ2v) is 19.1. The average molecular weight is 1160 g/mol. The lowest BCUT2D eigenvalue weighted by Gasteiger charge is -2.32. The van der Waals surface area contributed by atoms with Crippen LogP contribution in [-0.4, -0.2) is 209 Å². The third-order valence-electron chi connectivity index (χ3n) is 12.0. The van der Waals surface area contributed by atoms with E-state index in [-0.39, 0.29) is 82.6 Å². The number of guanidine groups is 3. The van der Waals surface area contributed by atoms with Crippen LogP contribution >= 0.6 is 0 Å². The zero-order valence-electron chi connectivity index (χ0n) is 45.9. The van der Waals surface area contributed by atoms with Gasteiger partial charge >= 0.3 is 11.9 Å². The number of carboxylic acid groups (broad SMARTS) is 2. The number of nitrogens with one attached hydrogen (secondary N) is 9. The van der Waals surface area contributed by atoms with E-state index >= 15 is 0 Å². The van der Waals surface area contributed by atoms with Crippen molar-refractivity contribution in [3.05, 3.63) is 0 Å². The van der Waals surface area contributed by atoms with Crippen molar-refractivity contribution in [2.75, 3.05) is 45.9 Å². The van der Waals surface area contributed by atoms with Crippen molar-refractivity contribution >= 4 is 88.9 Å². The number of rotatable bonds is 37. The van der Waals surface area contributed by atoms with E-state index in [4.69, 9.17) is 45.2 Å². The third-order valence-corrected chi connectivity index (χ3v) is 12.0. The van der Waals surface area contributed by atoms with Crippen LogP contribution in [0.1, 0.15) is 91.9 Å². The third kappa shape index (κ3) is 27.7. The number of nitrogens with zero attached hydrogens (tertiary/aromatic N) is 4. The molecule has 0 aromatic carbocycles. The van der Waals surface area contributed by atoms with Gasteiger partial charge in [-0.25, -0.2) is 0 Å². The molecule has 1 aliphatic heterocycles. The van der Waals surface area contributed by atoms with Gasteiger partial charge in [-0.3, -0.25) is 72.5 Å². The van der Waals surface area contributed by atoms with Gasteiger partial charge in [-0.15, -0.1) is 0 Å². The van der Waals surface area contributed by atoms with Gasteiger partial charge in [-0.2, -0.15) is 0 Å². The molecule has 456 valence electrons. The van der Waals surface area contributed by atoms with E-state index in [0.29, 0.717) is 12.8 Å². The second-order valence-electron chi connectivity index (χ2n) is 19.1. The molecule has 0 saturated carbocycles. The van der Waals surface area contributed by atoms with E-state index in [2.05, 4.69) is 62.8 Å². The normalized spacial score (nSPS) is 15.6. The summed E-state index contributed by atoms with van der Waals surface area (Å²) in [6, 6.07) is -12.1. The van der Waals surface area contributed by atoms with Gasteiger partial charge in [-0.05, 0) is 77.6 Å². The van der Waals surface area contributed by atoms with Crippen molar-refractivity contribution in [2.24, 2.45) is 61.0 Å². The maximum absolute atomic E-state index is 14.3. The van der Waals surface area contributed by atoms with Crippen molar-refractivity contribution < 1.29 is 72.9 Å². The largest absolute Gasteiger partial charge is 0.481 e. The number of hydrogen-bond donors (Lipinski definition) is 19. The van der Waals surface area contributed by atoms with E-state index in [1.165, 1.54) is 18.7 Å². The number of likely N-dealkylation sites (tertiary alicyclic amines) is 1. The Kier molecular flexibility index (Phi) is 31.7. The topological polar surface area (TPSA) is 596 Å². The summed E-state index contributed by atoms with van der Waals surface area (Å²) in [6.45, 7) is 3.45. The lowest BCUT2D eigenvalue weighted by Crippen LogP contribution is -2.61. The SMILES string of the molecule is CC(C)[C@H](NC(=O)[C@H](CO)NC(=O)[C@H](CCCN=C(N)N)NC(=O)[C@@H](N)CCCN=C(N)N)C(=O)N1CCC[C@H]1C(=O)N[C@@H](CCCN=C(N)N)C(=O)NCC(=O)N[C@@H](CCC(=O)O)C(=O)N[C@@H](C)C(=O)N[C@@H](C)C(=O)NCC(=O)O. The molecule has 1 rings (SSSR count). The van der Waals surface area contributed by atoms with Gasteiger partial charge in [0.1, 0.15) is 54.9 Å². The summed E-state index contributed by atoms with van der Waals surface area (Å²) in [5.74, 6) is -12.8. The number of amides is 10. The van der Waals surface area contributed by atoms with Gasteiger partial charge in [0.25, 0.3) is 0 Å². The number of nitrogens with two attached hydrogens (primary N) is 7. The minimum atomic E-state index is -1.66. The molecule has 10 amide bonds. The molecule has 1 heterocycles. The second kappa shape index (κ2) is 36.5. The fourth-order valence-electron chi connectivity index (χ4n) is 7.63. The maximum Gasteiger partial charge on any atom is 0.322 e. The molecule has 35 nitrogen and oxygen atoms in total. The Labute approximate surface area is 466 Å². The van der Waals surface area contributed by atoms with Gasteiger partial charge in [0.2, 0.25) is 59.1 Å². The molecular formula is C46H82N20O15. The molecular weight excluding hydrogens is 1070 g/mol. The molecule has 0 aromatic rings. The Morgan fingerprint density at radius 3 is 1.52 bits per heavy atom. The van der Waals surface area contributed by atoms with Crippen LogP contribution in [0, 0.1) is 5.92 Å². The number of aliphatic hydroxyl groups excluding tert-OH is 1. The molecule has 1 aliphatic rings. The summed E-state index contributed by atoms with van der Waals surface area (Å²) in [5, 5.41) is 49.8. The number of carbonyl (C=O) groups is 12. The first-order valence-corrected chi connectivity index (χ1v) is 25.9. The van der Waals surface area contributed by atoms with Gasteiger partial charge in [0.15, 0.2) is 17.9 Å². The van der Waals surface area contributed by atoms with E-state index in [9.17, 15) is 67.7 Å². The quantitative estimate of drug-likeness (QED) is 0.0156. The Balaban J connectivity index is 3.23. The highest BCUT2D eigenvalue weighted by molar-refractivity contribution is 5.98. The van der Waals surface area contributed by atoms with Crippen molar-refractivity contribution in [1.82, 2.24) is 52.8 Å². The summed E-state index contributed by atoms with van der Waals surface area (Å²) in [4.78, 5) is 169. The fraction of sp³-hybridized carbons (Fsp3) is 0.674. The van der Waals surface area contributed by atoms with Crippen LogP contribution in [0.3, 0.4) is 0 Å². The lowest BCUT2D eigenvalue weighted by atomic mass is 10.0. The fourth-order valence-corrected chi connectivity index (χ4v) is 7.63. The molecule has 1 fully saturated rings. The Morgan fingerprint density at radius 2 is 1.00 bits per heavy atom. The van der Waals surface area contributed by atoms with Crippen molar-refractivity contribution in [1.29, 1.82) is 0 Å². The van der Waals surface area contributed by atoms with Gasteiger partial charge < -0.3 is 108 Å². The van der Waals surface area contributed by atoms with Crippen LogP contribution in [0.4, 0.5) is 0 Å². The van der Waals surface area contributed by atoms with Crippen LogP contribution in [0.15, 0.2) is 15.0 Å². The van der Waals surface area contributed by atoms with Gasteiger partial charge in [-0.1, -0.05) is 13.8 Å². The van der Waals surface area contributed by atoms with Crippen LogP contribution < -0.4 is 88.0 Å². The van der Waals surface area contributed by atoms with Gasteiger partial charge in [0, 0.05) is 32.6 Å². The Hall–Kier alpha value is -8.63. The van der Waals surface area contributed by atoms with E-state index in [1.54, 1.807) is 13.8 Å². The van der Waals surface area contributed by atoms with Gasteiger partial charge in [0.05, 0.1) is 19.2 Å². The molecule has 1 saturated heterocycles. The predicted octanol–water partition coefficient (Wildman–Crippen LogP) is -9.27. The predicted molar refractivity (Wildman–Crippen MR) is 290 cm³/mol. The molecule has 0 bridgehead atoms. The summed E-state index contributed by atoms with van der Waals surface area (Å²) < 4.78 is 0. The van der Waals surface area contributed by atoms with Crippen LogP contribution in [0.25, 0.3) is 0 Å². The first-order chi connectivity index (χ1) is 38.0. The molecule has 0 aliphatic carbocycles. The maximum atomic E-state index is 14.3. The number of carbonyl (C=O) groups excluding carboxylic acids is 10. The molecule has 9 atom stereocenters. The van der Waals surface area contributed by atoms with E-state index in [1.807, 2.05) is 0 Å². The molecule has 81 heavy (non-hydrogen) atoms. The lowest BCUT2D eigenvalue weighted by molar-refractivity contribution is -0.143. The average Bonchev–Trinajstić information content (AvgIpc) is 3.98. The Morgan fingerprint density at radius 1 is 0.531 bits per heavy atom. The van der Waals surface area contributed by atoms with Crippen molar-refractivity contribution in [3.8, 4) is 0 Å². The zero-order valence-corrected chi connectivity index (χ0v) is 45.9. The number of aliphatic hydroxyl groups is 1. The molecule has 35 heteroatoms. The van der Waals surface area contributed by atoms with Crippen LogP contribution in [0.2, 0.25) is 0 Å². The highest BCUT2D eigenvalue weighted by Crippen LogP contribution is 2.21. The summed E-state index contributed by atoms with van der Waals surface area (Å²) in [5.41, 5.74) is 38.4. The highest BCUT2D eigenvalue weighted by Gasteiger charge is 2.41. The Bertz CT molecular complexity index is 2290. The number of hydrogen-bond acceptors (Lipinski definition) is 17. The van der Waals surface area contributed by atoms with Crippen LogP contribution in [0.5, 0.6) is 0 Å². The van der Waals surface area contributed by atoms with Crippen molar-refractivity contribution in [3.63, 3.8) is 0 Å². The zero-order chi connectivity index (χ0) is 61.5.